The summed E-state index contributed by atoms with van der Waals surface area (Å²) in [5.41, 5.74) is 1.59. The van der Waals surface area contributed by atoms with Crippen molar-refractivity contribution in [2.45, 2.75) is 18.9 Å². The molecule has 0 spiro atoms. The molecule has 8 heteroatoms. The van der Waals surface area contributed by atoms with Crippen molar-refractivity contribution in [2.24, 2.45) is 0 Å². The third-order valence-electron chi connectivity index (χ3n) is 4.68. The number of nitrogens with one attached hydrogen (secondary N) is 1. The lowest BCUT2D eigenvalue weighted by Gasteiger charge is -2.32. The van der Waals surface area contributed by atoms with Crippen LogP contribution in [0.4, 0.5) is 10.1 Å². The van der Waals surface area contributed by atoms with Crippen LogP contribution in [0.15, 0.2) is 61.3 Å². The second kappa shape index (κ2) is 7.59. The highest BCUT2D eigenvalue weighted by Gasteiger charge is 2.31. The molecular weight excluding hydrogens is 361 g/mol. The topological polar surface area (TPSA) is 80.1 Å². The maximum absolute atomic E-state index is 13.2. The highest BCUT2D eigenvalue weighted by molar-refractivity contribution is 6.02. The molecule has 1 aliphatic heterocycles. The van der Waals surface area contributed by atoms with E-state index in [4.69, 9.17) is 0 Å². The lowest BCUT2D eigenvalue weighted by molar-refractivity contribution is -0.121. The Morgan fingerprint density at radius 3 is 2.68 bits per heavy atom. The number of hydrogen-bond acceptors (Lipinski definition) is 4. The Hall–Kier alpha value is -3.55. The van der Waals surface area contributed by atoms with Gasteiger partial charge in [-0.25, -0.2) is 9.37 Å². The number of benzene rings is 1. The largest absolute Gasteiger partial charge is 0.339 e. The number of piperidine rings is 1. The first-order valence-corrected chi connectivity index (χ1v) is 8.94. The van der Waals surface area contributed by atoms with Crippen LogP contribution in [0.5, 0.6) is 0 Å². The fourth-order valence-electron chi connectivity index (χ4n) is 3.28. The molecule has 2 aromatic heterocycles. The van der Waals surface area contributed by atoms with Crippen LogP contribution in [-0.2, 0) is 4.79 Å². The maximum atomic E-state index is 13.2. The van der Waals surface area contributed by atoms with Crippen LogP contribution in [-0.4, -0.2) is 38.9 Å². The molecule has 142 valence electrons. The number of carbonyl (C=O) groups is 2. The van der Waals surface area contributed by atoms with E-state index in [0.29, 0.717) is 24.3 Å². The first-order chi connectivity index (χ1) is 13.6. The second-order valence-corrected chi connectivity index (χ2v) is 6.49. The standard InChI is InChI=1S/C20H18FN5O2/c21-14-5-7-15(8-6-14)26-13-23-12-18(26)19(27)24-17-4-2-10-25(20(17)28)16-3-1-9-22-11-16/h1,3,5-9,11-13,17H,2,4,10H2,(H,24,27). The SMILES string of the molecule is O=C(NC1CCCN(c2cccnc2)C1=O)c1cncn1-c1ccc(F)cc1. The van der Waals surface area contributed by atoms with E-state index >= 15 is 0 Å². The summed E-state index contributed by atoms with van der Waals surface area (Å²) < 4.78 is 14.7. The second-order valence-electron chi connectivity index (χ2n) is 6.49. The summed E-state index contributed by atoms with van der Waals surface area (Å²) in [6.07, 6.45) is 7.51. The maximum Gasteiger partial charge on any atom is 0.270 e. The highest BCUT2D eigenvalue weighted by Crippen LogP contribution is 2.20. The van der Waals surface area contributed by atoms with Gasteiger partial charge in [0, 0.05) is 18.4 Å². The van der Waals surface area contributed by atoms with Crippen molar-refractivity contribution in [2.75, 3.05) is 11.4 Å². The minimum Gasteiger partial charge on any atom is -0.339 e. The van der Waals surface area contributed by atoms with Crippen molar-refractivity contribution in [1.82, 2.24) is 19.9 Å². The summed E-state index contributed by atoms with van der Waals surface area (Å²) in [6, 6.07) is 8.71. The molecule has 4 rings (SSSR count). The first kappa shape index (κ1) is 17.8. The molecule has 2 amide bonds. The van der Waals surface area contributed by atoms with Crippen LogP contribution >= 0.6 is 0 Å². The van der Waals surface area contributed by atoms with Crippen LogP contribution in [0.3, 0.4) is 0 Å². The molecular formula is C20H18FN5O2. The Balaban J connectivity index is 1.52. The summed E-state index contributed by atoms with van der Waals surface area (Å²) in [5, 5.41) is 2.81. The number of hydrogen-bond donors (Lipinski definition) is 1. The Morgan fingerprint density at radius 2 is 1.93 bits per heavy atom. The third kappa shape index (κ3) is 3.48. The number of pyridine rings is 1. The Labute approximate surface area is 160 Å². The minimum atomic E-state index is -0.627. The van der Waals surface area contributed by atoms with Crippen LogP contribution in [0.1, 0.15) is 23.3 Å². The van der Waals surface area contributed by atoms with E-state index < -0.39 is 11.9 Å². The quantitative estimate of drug-likeness (QED) is 0.755. The minimum absolute atomic E-state index is 0.166. The normalized spacial score (nSPS) is 16.8. The molecule has 1 atom stereocenters. The first-order valence-electron chi connectivity index (χ1n) is 8.94. The molecule has 7 nitrogen and oxygen atoms in total. The van der Waals surface area contributed by atoms with Crippen molar-refractivity contribution in [3.8, 4) is 5.69 Å². The summed E-state index contributed by atoms with van der Waals surface area (Å²) in [6.45, 7) is 0.588. The van der Waals surface area contributed by atoms with E-state index in [-0.39, 0.29) is 17.4 Å². The van der Waals surface area contributed by atoms with Gasteiger partial charge in [-0.15, -0.1) is 0 Å². The van der Waals surface area contributed by atoms with Gasteiger partial charge in [0.15, 0.2) is 0 Å². The Bertz CT molecular complexity index is 987. The van der Waals surface area contributed by atoms with E-state index in [1.807, 2.05) is 6.07 Å². The third-order valence-corrected chi connectivity index (χ3v) is 4.68. The van der Waals surface area contributed by atoms with Gasteiger partial charge in [0.2, 0.25) is 5.91 Å². The van der Waals surface area contributed by atoms with E-state index in [2.05, 4.69) is 15.3 Å². The Kier molecular flexibility index (Phi) is 4.84. The van der Waals surface area contributed by atoms with E-state index in [0.717, 1.165) is 6.42 Å². The van der Waals surface area contributed by atoms with Gasteiger partial charge >= 0.3 is 0 Å². The lowest BCUT2D eigenvalue weighted by Crippen LogP contribution is -2.52. The zero-order chi connectivity index (χ0) is 19.5. The highest BCUT2D eigenvalue weighted by atomic mass is 19.1. The zero-order valence-corrected chi connectivity index (χ0v) is 15.0. The van der Waals surface area contributed by atoms with Crippen molar-refractivity contribution in [3.63, 3.8) is 0 Å². The van der Waals surface area contributed by atoms with Crippen LogP contribution < -0.4 is 10.2 Å². The molecule has 0 saturated carbocycles. The molecule has 3 aromatic rings. The van der Waals surface area contributed by atoms with Crippen molar-refractivity contribution < 1.29 is 14.0 Å². The molecule has 3 heterocycles. The molecule has 0 radical (unpaired) electrons. The molecule has 0 aliphatic carbocycles. The van der Waals surface area contributed by atoms with Gasteiger partial charge in [0.1, 0.15) is 17.6 Å². The number of rotatable bonds is 4. The van der Waals surface area contributed by atoms with Gasteiger partial charge in [-0.2, -0.15) is 0 Å². The zero-order valence-electron chi connectivity index (χ0n) is 15.0. The van der Waals surface area contributed by atoms with Gasteiger partial charge in [-0.3, -0.25) is 19.1 Å². The number of aromatic nitrogens is 3. The lowest BCUT2D eigenvalue weighted by atomic mass is 10.0. The average Bonchev–Trinajstić information content (AvgIpc) is 3.21. The van der Waals surface area contributed by atoms with Gasteiger partial charge in [0.05, 0.1) is 24.4 Å². The molecule has 0 bridgehead atoms. The number of carbonyl (C=O) groups excluding carboxylic acids is 2. The number of anilines is 1. The van der Waals surface area contributed by atoms with Crippen LogP contribution in [0.25, 0.3) is 5.69 Å². The van der Waals surface area contributed by atoms with Gasteiger partial charge in [-0.1, -0.05) is 0 Å². The van der Waals surface area contributed by atoms with E-state index in [1.165, 1.54) is 24.7 Å². The van der Waals surface area contributed by atoms with Gasteiger partial charge in [-0.05, 0) is 49.2 Å². The smallest absolute Gasteiger partial charge is 0.270 e. The van der Waals surface area contributed by atoms with Gasteiger partial charge < -0.3 is 10.2 Å². The van der Waals surface area contributed by atoms with Gasteiger partial charge in [0.25, 0.3) is 5.91 Å². The molecule has 1 unspecified atom stereocenters. The van der Waals surface area contributed by atoms with E-state index in [1.54, 1.807) is 40.1 Å². The molecule has 1 saturated heterocycles. The number of imidazole rings is 1. The average molecular weight is 379 g/mol. The Morgan fingerprint density at radius 1 is 1.11 bits per heavy atom. The molecule has 28 heavy (non-hydrogen) atoms. The number of nitrogens with zero attached hydrogens (tertiary/aromatic N) is 4. The summed E-state index contributed by atoms with van der Waals surface area (Å²) >= 11 is 0. The predicted octanol–water partition coefficient (Wildman–Crippen LogP) is 2.33. The van der Waals surface area contributed by atoms with Crippen molar-refractivity contribution in [1.29, 1.82) is 0 Å². The summed E-state index contributed by atoms with van der Waals surface area (Å²) in [7, 11) is 0. The molecule has 1 fully saturated rings. The fraction of sp³-hybridized carbons (Fsp3) is 0.200. The molecule has 1 aromatic carbocycles. The van der Waals surface area contributed by atoms with Crippen LogP contribution in [0.2, 0.25) is 0 Å². The monoisotopic (exact) mass is 379 g/mol. The van der Waals surface area contributed by atoms with E-state index in [9.17, 15) is 14.0 Å². The summed E-state index contributed by atoms with van der Waals surface area (Å²) in [5.74, 6) is -0.938. The molecule has 1 N–H and O–H groups in total. The number of amides is 2. The fourth-order valence-corrected chi connectivity index (χ4v) is 3.28. The summed E-state index contributed by atoms with van der Waals surface area (Å²) in [4.78, 5) is 35.3. The van der Waals surface area contributed by atoms with Crippen LogP contribution in [0, 0.1) is 5.82 Å². The predicted molar refractivity (Wildman–Crippen MR) is 101 cm³/mol. The number of halogens is 1. The van der Waals surface area contributed by atoms with Crippen molar-refractivity contribution in [3.05, 3.63) is 72.8 Å². The van der Waals surface area contributed by atoms with Crippen molar-refractivity contribution >= 4 is 17.5 Å². The molecule has 1 aliphatic rings.